The van der Waals surface area contributed by atoms with E-state index in [1.165, 1.54) is 0 Å². The Morgan fingerprint density at radius 2 is 1.92 bits per heavy atom. The van der Waals surface area contributed by atoms with Gasteiger partial charge in [-0.15, -0.1) is 0 Å². The zero-order valence-electron chi connectivity index (χ0n) is 13.0. The van der Waals surface area contributed by atoms with Crippen molar-refractivity contribution in [3.8, 4) is 0 Å². The van der Waals surface area contributed by atoms with Crippen LogP contribution >= 0.6 is 15.9 Å². The maximum absolute atomic E-state index is 12.4. The Labute approximate surface area is 148 Å². The van der Waals surface area contributed by atoms with Gasteiger partial charge in [-0.05, 0) is 58.7 Å². The molecular weight excluding hydrogens is 368 g/mol. The molecule has 0 unspecified atom stereocenters. The van der Waals surface area contributed by atoms with Crippen LogP contribution in [0.4, 0.5) is 17.3 Å². The van der Waals surface area contributed by atoms with E-state index < -0.39 is 0 Å². The Hall–Kier alpha value is -2.73. The summed E-state index contributed by atoms with van der Waals surface area (Å²) in [6, 6.07) is 16.8. The topological polar surface area (TPSA) is 66.9 Å². The number of nitrogens with zero attached hydrogens (tertiary/aromatic N) is 2. The monoisotopic (exact) mass is 382 g/mol. The summed E-state index contributed by atoms with van der Waals surface area (Å²) in [6.45, 7) is 2.01. The van der Waals surface area contributed by atoms with Gasteiger partial charge < -0.3 is 10.6 Å². The summed E-state index contributed by atoms with van der Waals surface area (Å²) in [7, 11) is 0. The van der Waals surface area contributed by atoms with Gasteiger partial charge in [-0.1, -0.05) is 24.3 Å². The number of aromatic nitrogens is 2. The molecule has 3 aromatic rings. The smallest absolute Gasteiger partial charge is 0.274 e. The van der Waals surface area contributed by atoms with Crippen molar-refractivity contribution in [1.82, 2.24) is 9.97 Å². The lowest BCUT2D eigenvalue weighted by Gasteiger charge is -2.09. The maximum Gasteiger partial charge on any atom is 0.274 e. The Balaban J connectivity index is 1.77. The molecule has 0 saturated carbocycles. The standard InChI is InChI=1S/C18H15BrN4O/c1-12-5-4-6-13(11-12)21-18-20-10-9-16(23-18)17(24)22-15-8-3-2-7-14(15)19/h2-11H,1H3,(H,22,24)(H,20,21,23). The number of aryl methyl sites for hydroxylation is 1. The zero-order chi connectivity index (χ0) is 16.9. The molecule has 1 amide bonds. The van der Waals surface area contributed by atoms with Crippen molar-refractivity contribution in [3.63, 3.8) is 0 Å². The predicted molar refractivity (Wildman–Crippen MR) is 98.6 cm³/mol. The van der Waals surface area contributed by atoms with E-state index in [0.717, 1.165) is 15.7 Å². The maximum atomic E-state index is 12.4. The molecule has 0 spiro atoms. The van der Waals surface area contributed by atoms with Gasteiger partial charge >= 0.3 is 0 Å². The lowest BCUT2D eigenvalue weighted by molar-refractivity contribution is 0.102. The number of nitrogens with one attached hydrogen (secondary N) is 2. The van der Waals surface area contributed by atoms with Gasteiger partial charge in [-0.3, -0.25) is 4.79 Å². The van der Waals surface area contributed by atoms with Gasteiger partial charge in [0.15, 0.2) is 0 Å². The summed E-state index contributed by atoms with van der Waals surface area (Å²) in [5.41, 5.74) is 2.98. The number of carbonyl (C=O) groups is 1. The third-order valence-corrected chi connectivity index (χ3v) is 3.98. The first-order valence-corrected chi connectivity index (χ1v) is 8.14. The van der Waals surface area contributed by atoms with Gasteiger partial charge in [0.25, 0.3) is 5.91 Å². The van der Waals surface area contributed by atoms with Gasteiger partial charge in [-0.25, -0.2) is 9.97 Å². The van der Waals surface area contributed by atoms with Gasteiger partial charge in [0, 0.05) is 16.4 Å². The van der Waals surface area contributed by atoms with Crippen LogP contribution in [0.2, 0.25) is 0 Å². The van der Waals surface area contributed by atoms with E-state index >= 15 is 0 Å². The molecule has 0 fully saturated rings. The highest BCUT2D eigenvalue weighted by Crippen LogP contribution is 2.22. The van der Waals surface area contributed by atoms with Crippen molar-refractivity contribution in [3.05, 3.63) is 76.5 Å². The number of anilines is 3. The summed E-state index contributed by atoms with van der Waals surface area (Å²) < 4.78 is 0.811. The molecule has 3 rings (SSSR count). The first-order valence-electron chi connectivity index (χ1n) is 7.34. The summed E-state index contributed by atoms with van der Waals surface area (Å²) in [5, 5.41) is 5.93. The first kappa shape index (κ1) is 16.1. The number of hydrogen-bond acceptors (Lipinski definition) is 4. The SMILES string of the molecule is Cc1cccc(Nc2nccc(C(=O)Nc3ccccc3Br)n2)c1. The van der Waals surface area contributed by atoms with E-state index in [9.17, 15) is 4.79 Å². The van der Waals surface area contributed by atoms with Crippen LogP contribution < -0.4 is 10.6 Å². The Morgan fingerprint density at radius 1 is 1.08 bits per heavy atom. The quantitative estimate of drug-likeness (QED) is 0.694. The fourth-order valence-corrected chi connectivity index (χ4v) is 2.53. The molecule has 6 heteroatoms. The molecule has 0 radical (unpaired) electrons. The van der Waals surface area contributed by atoms with Gasteiger partial charge in [-0.2, -0.15) is 0 Å². The molecule has 24 heavy (non-hydrogen) atoms. The number of rotatable bonds is 4. The molecule has 1 heterocycles. The Bertz CT molecular complexity index is 882. The second kappa shape index (κ2) is 7.23. The highest BCUT2D eigenvalue weighted by Gasteiger charge is 2.11. The number of carbonyl (C=O) groups excluding carboxylic acids is 1. The van der Waals surface area contributed by atoms with Crippen molar-refractivity contribution >= 4 is 39.2 Å². The van der Waals surface area contributed by atoms with Crippen molar-refractivity contribution in [2.45, 2.75) is 6.92 Å². The van der Waals surface area contributed by atoms with Crippen LogP contribution in [0, 0.1) is 6.92 Å². The van der Waals surface area contributed by atoms with Crippen LogP contribution in [0.15, 0.2) is 65.3 Å². The van der Waals surface area contributed by atoms with Gasteiger partial charge in [0.2, 0.25) is 5.95 Å². The highest BCUT2D eigenvalue weighted by atomic mass is 79.9. The predicted octanol–water partition coefficient (Wildman–Crippen LogP) is 4.54. The van der Waals surface area contributed by atoms with Crippen LogP contribution in [-0.4, -0.2) is 15.9 Å². The molecule has 0 saturated heterocycles. The number of halogens is 1. The third kappa shape index (κ3) is 3.97. The van der Waals surface area contributed by atoms with Crippen molar-refractivity contribution in [2.75, 3.05) is 10.6 Å². The number of amides is 1. The second-order valence-corrected chi connectivity index (χ2v) is 6.05. The van der Waals surface area contributed by atoms with E-state index in [1.54, 1.807) is 12.3 Å². The molecule has 0 aliphatic heterocycles. The molecule has 2 N–H and O–H groups in total. The number of benzene rings is 2. The van der Waals surface area contributed by atoms with Crippen LogP contribution in [-0.2, 0) is 0 Å². The molecule has 5 nitrogen and oxygen atoms in total. The van der Waals surface area contributed by atoms with E-state index in [4.69, 9.17) is 0 Å². The minimum absolute atomic E-state index is 0.288. The molecular formula is C18H15BrN4O. The molecule has 0 atom stereocenters. The largest absolute Gasteiger partial charge is 0.324 e. The molecule has 0 aliphatic rings. The molecule has 0 bridgehead atoms. The first-order chi connectivity index (χ1) is 11.6. The average molecular weight is 383 g/mol. The van der Waals surface area contributed by atoms with Crippen LogP contribution in [0.5, 0.6) is 0 Å². The fraction of sp³-hybridized carbons (Fsp3) is 0.0556. The number of hydrogen-bond donors (Lipinski definition) is 2. The summed E-state index contributed by atoms with van der Waals surface area (Å²) in [4.78, 5) is 20.8. The number of para-hydroxylation sites is 1. The molecule has 120 valence electrons. The lowest BCUT2D eigenvalue weighted by atomic mass is 10.2. The zero-order valence-corrected chi connectivity index (χ0v) is 14.5. The average Bonchev–Trinajstić information content (AvgIpc) is 2.57. The third-order valence-electron chi connectivity index (χ3n) is 3.28. The second-order valence-electron chi connectivity index (χ2n) is 5.19. The molecule has 2 aromatic carbocycles. The van der Waals surface area contributed by atoms with E-state index in [2.05, 4.69) is 36.5 Å². The van der Waals surface area contributed by atoms with E-state index in [1.807, 2.05) is 55.5 Å². The van der Waals surface area contributed by atoms with Crippen molar-refractivity contribution < 1.29 is 4.79 Å². The van der Waals surface area contributed by atoms with Crippen LogP contribution in [0.25, 0.3) is 0 Å². The van der Waals surface area contributed by atoms with Gasteiger partial charge in [0.05, 0.1) is 5.69 Å². The van der Waals surface area contributed by atoms with Gasteiger partial charge in [0.1, 0.15) is 5.69 Å². The minimum Gasteiger partial charge on any atom is -0.324 e. The van der Waals surface area contributed by atoms with Crippen molar-refractivity contribution in [2.24, 2.45) is 0 Å². The highest BCUT2D eigenvalue weighted by molar-refractivity contribution is 9.10. The van der Waals surface area contributed by atoms with E-state index in [0.29, 0.717) is 11.6 Å². The fourth-order valence-electron chi connectivity index (χ4n) is 2.15. The summed E-state index contributed by atoms with van der Waals surface area (Å²) in [5.74, 6) is 0.0805. The van der Waals surface area contributed by atoms with Crippen LogP contribution in [0.1, 0.15) is 16.1 Å². The Morgan fingerprint density at radius 3 is 2.71 bits per heavy atom. The van der Waals surface area contributed by atoms with E-state index in [-0.39, 0.29) is 11.6 Å². The minimum atomic E-state index is -0.295. The summed E-state index contributed by atoms with van der Waals surface area (Å²) >= 11 is 3.40. The summed E-state index contributed by atoms with van der Waals surface area (Å²) in [6.07, 6.45) is 1.56. The lowest BCUT2D eigenvalue weighted by Crippen LogP contribution is -2.15. The molecule has 0 aliphatic carbocycles. The normalized spacial score (nSPS) is 10.2. The molecule has 1 aromatic heterocycles. The van der Waals surface area contributed by atoms with Crippen LogP contribution in [0.3, 0.4) is 0 Å². The van der Waals surface area contributed by atoms with Crippen molar-refractivity contribution in [1.29, 1.82) is 0 Å². The Kier molecular flexibility index (Phi) is 4.86.